The molecule has 3 rings (SSSR count). The largest absolute Gasteiger partial charge is 0.463 e. The second kappa shape index (κ2) is 6.50. The van der Waals surface area contributed by atoms with E-state index in [1.54, 1.807) is 24.3 Å². The van der Waals surface area contributed by atoms with Crippen molar-refractivity contribution >= 4 is 17.5 Å². The number of H-pyrrole nitrogens is 1. The summed E-state index contributed by atoms with van der Waals surface area (Å²) in [6.07, 6.45) is 1.48. The van der Waals surface area contributed by atoms with E-state index in [0.717, 1.165) is 5.56 Å². The molecule has 0 radical (unpaired) electrons. The molecule has 6 nitrogen and oxygen atoms in total. The summed E-state index contributed by atoms with van der Waals surface area (Å²) in [7, 11) is 0. The molecule has 2 aromatic heterocycles. The molecule has 0 unspecified atom stereocenters. The van der Waals surface area contributed by atoms with Crippen LogP contribution in [0.25, 0.3) is 11.5 Å². The summed E-state index contributed by atoms with van der Waals surface area (Å²) < 4.78 is 5.21. The van der Waals surface area contributed by atoms with Crippen molar-refractivity contribution in [2.45, 2.75) is 6.54 Å². The average Bonchev–Trinajstić information content (AvgIpc) is 3.08. The first-order chi connectivity index (χ1) is 11.1. The molecule has 0 fully saturated rings. The number of benzene rings is 1. The molecule has 0 bridgehead atoms. The van der Waals surface area contributed by atoms with Crippen LogP contribution in [0.1, 0.15) is 16.1 Å². The van der Waals surface area contributed by atoms with E-state index in [1.165, 1.54) is 12.3 Å². The number of nitrogens with one attached hydrogen (secondary N) is 2. The molecule has 1 amide bonds. The molecule has 116 valence electrons. The van der Waals surface area contributed by atoms with Crippen molar-refractivity contribution in [1.82, 2.24) is 15.3 Å². The van der Waals surface area contributed by atoms with Gasteiger partial charge < -0.3 is 14.7 Å². The zero-order valence-electron chi connectivity index (χ0n) is 11.9. The Morgan fingerprint density at radius 1 is 1.26 bits per heavy atom. The van der Waals surface area contributed by atoms with Crippen LogP contribution in [0.3, 0.4) is 0 Å². The predicted octanol–water partition coefficient (Wildman–Crippen LogP) is 2.61. The standard InChI is InChI=1S/C16H12ClN3O3/c17-11-5-3-10(4-6-11)9-18-15(21)13-8-12(19-16(22)20-13)14-2-1-7-23-14/h1-8H,9H2,(H,18,21)(H,19,20,22). The topological polar surface area (TPSA) is 88.0 Å². The summed E-state index contributed by atoms with van der Waals surface area (Å²) in [6.45, 7) is 0.306. The fourth-order valence-electron chi connectivity index (χ4n) is 2.01. The van der Waals surface area contributed by atoms with Gasteiger partial charge in [-0.2, -0.15) is 4.98 Å². The normalized spacial score (nSPS) is 10.5. The van der Waals surface area contributed by atoms with Crippen LogP contribution in [-0.4, -0.2) is 15.9 Å². The summed E-state index contributed by atoms with van der Waals surface area (Å²) in [5.41, 5.74) is 0.690. The lowest BCUT2D eigenvalue weighted by Gasteiger charge is -2.06. The fraction of sp³-hybridized carbons (Fsp3) is 0.0625. The number of halogens is 1. The Labute approximate surface area is 136 Å². The minimum atomic E-state index is -0.615. The maximum absolute atomic E-state index is 12.2. The summed E-state index contributed by atoms with van der Waals surface area (Å²) in [6, 6.07) is 11.9. The highest BCUT2D eigenvalue weighted by Gasteiger charge is 2.12. The zero-order chi connectivity index (χ0) is 16.2. The van der Waals surface area contributed by atoms with E-state index in [-0.39, 0.29) is 5.69 Å². The van der Waals surface area contributed by atoms with E-state index >= 15 is 0 Å². The molecule has 0 atom stereocenters. The summed E-state index contributed by atoms with van der Waals surface area (Å²) in [4.78, 5) is 30.0. The van der Waals surface area contributed by atoms with Crippen LogP contribution >= 0.6 is 11.6 Å². The van der Waals surface area contributed by atoms with Gasteiger partial charge in [0.15, 0.2) is 0 Å². The Hall–Kier alpha value is -2.86. The Balaban J connectivity index is 1.77. The van der Waals surface area contributed by atoms with E-state index in [1.807, 2.05) is 12.1 Å². The van der Waals surface area contributed by atoms with Gasteiger partial charge in [0.2, 0.25) is 0 Å². The molecule has 23 heavy (non-hydrogen) atoms. The van der Waals surface area contributed by atoms with Gasteiger partial charge in [-0.3, -0.25) is 4.79 Å². The zero-order valence-corrected chi connectivity index (χ0v) is 12.6. The minimum Gasteiger partial charge on any atom is -0.463 e. The van der Waals surface area contributed by atoms with E-state index in [0.29, 0.717) is 23.0 Å². The second-order valence-corrected chi connectivity index (χ2v) is 5.21. The van der Waals surface area contributed by atoms with Crippen molar-refractivity contribution in [3.05, 3.63) is 75.5 Å². The maximum Gasteiger partial charge on any atom is 0.346 e. The van der Waals surface area contributed by atoms with E-state index in [4.69, 9.17) is 16.0 Å². The van der Waals surface area contributed by atoms with Gasteiger partial charge >= 0.3 is 5.69 Å². The van der Waals surface area contributed by atoms with Gasteiger partial charge in [0.25, 0.3) is 5.91 Å². The van der Waals surface area contributed by atoms with Gasteiger partial charge in [0.1, 0.15) is 11.5 Å². The average molecular weight is 330 g/mol. The number of carbonyl (C=O) groups excluding carboxylic acids is 1. The summed E-state index contributed by atoms with van der Waals surface area (Å²) in [5.74, 6) is 0.00936. The van der Waals surface area contributed by atoms with Crippen LogP contribution in [0, 0.1) is 0 Å². The van der Waals surface area contributed by atoms with Crippen molar-refractivity contribution in [3.63, 3.8) is 0 Å². The smallest absolute Gasteiger partial charge is 0.346 e. The first kappa shape index (κ1) is 15.1. The lowest BCUT2D eigenvalue weighted by atomic mass is 10.2. The van der Waals surface area contributed by atoms with Crippen LogP contribution in [0.4, 0.5) is 0 Å². The molecule has 3 aromatic rings. The van der Waals surface area contributed by atoms with Crippen molar-refractivity contribution in [3.8, 4) is 11.5 Å². The molecule has 1 aromatic carbocycles. The first-order valence-corrected chi connectivity index (χ1v) is 7.17. The third-order valence-electron chi connectivity index (χ3n) is 3.13. The van der Waals surface area contributed by atoms with Crippen LogP contribution in [-0.2, 0) is 6.54 Å². The number of nitrogens with zero attached hydrogens (tertiary/aromatic N) is 1. The summed E-state index contributed by atoms with van der Waals surface area (Å²) in [5, 5.41) is 3.33. The van der Waals surface area contributed by atoms with Gasteiger partial charge in [-0.15, -0.1) is 0 Å². The Morgan fingerprint density at radius 2 is 2.04 bits per heavy atom. The highest BCUT2D eigenvalue weighted by Crippen LogP contribution is 2.16. The number of hydrogen-bond donors (Lipinski definition) is 2. The molecule has 2 heterocycles. The Kier molecular flexibility index (Phi) is 4.25. The number of aromatic nitrogens is 2. The third kappa shape index (κ3) is 3.67. The molecule has 0 aliphatic rings. The molecular weight excluding hydrogens is 318 g/mol. The quantitative estimate of drug-likeness (QED) is 0.770. The fourth-order valence-corrected chi connectivity index (χ4v) is 2.14. The SMILES string of the molecule is O=C(NCc1ccc(Cl)cc1)c1cc(-c2ccco2)[nH]c(=O)n1. The molecule has 0 aliphatic heterocycles. The van der Waals surface area contributed by atoms with Crippen molar-refractivity contribution in [2.24, 2.45) is 0 Å². The number of hydrogen-bond acceptors (Lipinski definition) is 4. The van der Waals surface area contributed by atoms with Gasteiger partial charge in [0.05, 0.1) is 12.0 Å². The maximum atomic E-state index is 12.2. The summed E-state index contributed by atoms with van der Waals surface area (Å²) >= 11 is 5.81. The molecule has 0 aliphatic carbocycles. The lowest BCUT2D eigenvalue weighted by Crippen LogP contribution is -2.27. The van der Waals surface area contributed by atoms with E-state index in [9.17, 15) is 9.59 Å². The van der Waals surface area contributed by atoms with E-state index in [2.05, 4.69) is 15.3 Å². The highest BCUT2D eigenvalue weighted by atomic mass is 35.5. The molecule has 0 spiro atoms. The van der Waals surface area contributed by atoms with Gasteiger partial charge in [-0.05, 0) is 35.9 Å². The molecule has 0 saturated carbocycles. The number of furan rings is 1. The van der Waals surface area contributed by atoms with E-state index < -0.39 is 11.6 Å². The monoisotopic (exact) mass is 329 g/mol. The highest BCUT2D eigenvalue weighted by molar-refractivity contribution is 6.30. The minimum absolute atomic E-state index is 0.0223. The van der Waals surface area contributed by atoms with Gasteiger partial charge in [-0.1, -0.05) is 23.7 Å². The van der Waals surface area contributed by atoms with Crippen molar-refractivity contribution in [1.29, 1.82) is 0 Å². The molecule has 2 N–H and O–H groups in total. The molecular formula is C16H12ClN3O3. The van der Waals surface area contributed by atoms with Crippen molar-refractivity contribution in [2.75, 3.05) is 0 Å². The van der Waals surface area contributed by atoms with Gasteiger partial charge in [-0.25, -0.2) is 4.79 Å². The third-order valence-corrected chi connectivity index (χ3v) is 3.38. The first-order valence-electron chi connectivity index (χ1n) is 6.80. The Morgan fingerprint density at radius 3 is 2.74 bits per heavy atom. The Bertz CT molecular complexity index is 870. The number of carbonyl (C=O) groups is 1. The van der Waals surface area contributed by atoms with Crippen LogP contribution in [0.15, 0.2) is 57.9 Å². The predicted molar refractivity (Wildman–Crippen MR) is 85.2 cm³/mol. The molecule has 0 saturated heterocycles. The second-order valence-electron chi connectivity index (χ2n) is 4.77. The van der Waals surface area contributed by atoms with Crippen molar-refractivity contribution < 1.29 is 9.21 Å². The molecule has 7 heteroatoms. The number of aromatic amines is 1. The number of rotatable bonds is 4. The van der Waals surface area contributed by atoms with Crippen LogP contribution in [0.5, 0.6) is 0 Å². The number of amides is 1. The van der Waals surface area contributed by atoms with Crippen LogP contribution < -0.4 is 11.0 Å². The lowest BCUT2D eigenvalue weighted by molar-refractivity contribution is 0.0945. The van der Waals surface area contributed by atoms with Gasteiger partial charge in [0, 0.05) is 11.6 Å². The van der Waals surface area contributed by atoms with Crippen LogP contribution in [0.2, 0.25) is 5.02 Å².